The predicted molar refractivity (Wildman–Crippen MR) is 48.8 cm³/mol. The molecule has 3 amide bonds. The lowest BCUT2D eigenvalue weighted by atomic mass is 10.0. The number of amides is 3. The Balaban J connectivity index is 4.42. The van der Waals surface area contributed by atoms with Gasteiger partial charge >= 0.3 is 6.03 Å². The highest BCUT2D eigenvalue weighted by molar-refractivity contribution is 5.96. The Hall–Kier alpha value is -1.26. The average molecular weight is 238 g/mol. The molecule has 0 aromatic heterocycles. The maximum absolute atomic E-state index is 10.9. The predicted octanol–water partition coefficient (Wildman–Crippen LogP) is -4.38. The van der Waals surface area contributed by atoms with Gasteiger partial charge in [-0.05, 0) is 0 Å². The minimum absolute atomic E-state index is 0.873. The topological polar surface area (TPSA) is 173 Å². The first-order chi connectivity index (χ1) is 7.31. The summed E-state index contributed by atoms with van der Waals surface area (Å²) in [6, 6.07) is -1.24. The number of nitrogens with one attached hydrogen (secondary N) is 1. The molecule has 16 heavy (non-hydrogen) atoms. The van der Waals surface area contributed by atoms with Crippen LogP contribution in [0.15, 0.2) is 0 Å². The summed E-state index contributed by atoms with van der Waals surface area (Å²) in [5, 5.41) is 46.3. The molecule has 0 aromatic carbocycles. The molecule has 0 aliphatic heterocycles. The summed E-state index contributed by atoms with van der Waals surface area (Å²) in [6.45, 7) is -0.873. The van der Waals surface area contributed by atoms with E-state index in [1.165, 1.54) is 5.32 Å². The first kappa shape index (κ1) is 14.7. The number of carbonyl (C=O) groups excluding carboxylic acids is 2. The standard InChI is InChI=1S/C7H14N2O7/c8-7(16)9-6(15)5(14)4(13)3(12)2(11)1-10/h2-5,10-14H,1H2,(H3,8,9,15,16)/t2-,3-,4+,5-/m1/s1. The summed E-state index contributed by atoms with van der Waals surface area (Å²) in [4.78, 5) is 21.2. The number of hydrogen-bond donors (Lipinski definition) is 7. The van der Waals surface area contributed by atoms with Crippen molar-refractivity contribution in [1.29, 1.82) is 0 Å². The van der Waals surface area contributed by atoms with E-state index in [2.05, 4.69) is 5.73 Å². The number of nitrogens with two attached hydrogens (primary N) is 1. The van der Waals surface area contributed by atoms with Gasteiger partial charge < -0.3 is 31.3 Å². The number of primary amides is 1. The smallest absolute Gasteiger partial charge is 0.318 e. The van der Waals surface area contributed by atoms with E-state index >= 15 is 0 Å². The summed E-state index contributed by atoms with van der Waals surface area (Å²) in [7, 11) is 0. The summed E-state index contributed by atoms with van der Waals surface area (Å²) in [6.07, 6.45) is -7.91. The molecule has 94 valence electrons. The van der Waals surface area contributed by atoms with Crippen molar-refractivity contribution in [3.8, 4) is 0 Å². The largest absolute Gasteiger partial charge is 0.394 e. The summed E-state index contributed by atoms with van der Waals surface area (Å²) in [5.41, 5.74) is 4.58. The van der Waals surface area contributed by atoms with Crippen LogP contribution in [-0.2, 0) is 4.79 Å². The second-order valence-corrected chi connectivity index (χ2v) is 3.03. The summed E-state index contributed by atoms with van der Waals surface area (Å²) in [5.74, 6) is -1.33. The number of hydrogen-bond acceptors (Lipinski definition) is 7. The van der Waals surface area contributed by atoms with Gasteiger partial charge in [0.25, 0.3) is 5.91 Å². The maximum Gasteiger partial charge on any atom is 0.318 e. The molecular weight excluding hydrogens is 224 g/mol. The highest BCUT2D eigenvalue weighted by Crippen LogP contribution is 2.05. The Bertz CT molecular complexity index is 259. The quantitative estimate of drug-likeness (QED) is 0.253. The van der Waals surface area contributed by atoms with Crippen LogP contribution in [0.2, 0.25) is 0 Å². The Kier molecular flexibility index (Phi) is 5.85. The lowest BCUT2D eigenvalue weighted by Gasteiger charge is -2.24. The number of carbonyl (C=O) groups is 2. The highest BCUT2D eigenvalue weighted by atomic mass is 16.4. The van der Waals surface area contributed by atoms with Gasteiger partial charge in [0.15, 0.2) is 6.10 Å². The van der Waals surface area contributed by atoms with Gasteiger partial charge in [-0.2, -0.15) is 0 Å². The molecule has 8 N–H and O–H groups in total. The average Bonchev–Trinajstić information content (AvgIpc) is 2.23. The molecule has 4 atom stereocenters. The summed E-state index contributed by atoms with van der Waals surface area (Å²) >= 11 is 0. The van der Waals surface area contributed by atoms with E-state index in [9.17, 15) is 14.7 Å². The first-order valence-corrected chi connectivity index (χ1v) is 4.24. The van der Waals surface area contributed by atoms with Gasteiger partial charge in [0, 0.05) is 0 Å². The Morgan fingerprint density at radius 3 is 2.00 bits per heavy atom. The lowest BCUT2D eigenvalue weighted by molar-refractivity contribution is -0.147. The van der Waals surface area contributed by atoms with Crippen LogP contribution >= 0.6 is 0 Å². The van der Waals surface area contributed by atoms with E-state index < -0.39 is 43.0 Å². The molecule has 0 spiro atoms. The highest BCUT2D eigenvalue weighted by Gasteiger charge is 2.34. The molecule has 0 radical (unpaired) electrons. The second-order valence-electron chi connectivity index (χ2n) is 3.03. The van der Waals surface area contributed by atoms with Crippen LogP contribution in [0, 0.1) is 0 Å². The summed E-state index contributed by atoms with van der Waals surface area (Å²) < 4.78 is 0. The fraction of sp³-hybridized carbons (Fsp3) is 0.714. The molecule has 9 nitrogen and oxygen atoms in total. The zero-order valence-corrected chi connectivity index (χ0v) is 8.15. The third kappa shape index (κ3) is 4.08. The zero-order chi connectivity index (χ0) is 12.9. The number of imide groups is 1. The van der Waals surface area contributed by atoms with Gasteiger partial charge in [0.05, 0.1) is 6.61 Å². The van der Waals surface area contributed by atoms with Gasteiger partial charge in [-0.3, -0.25) is 10.1 Å². The van der Waals surface area contributed by atoms with Crippen molar-refractivity contribution in [3.05, 3.63) is 0 Å². The fourth-order valence-electron chi connectivity index (χ4n) is 0.873. The lowest BCUT2D eigenvalue weighted by Crippen LogP contribution is -2.53. The first-order valence-electron chi connectivity index (χ1n) is 4.24. The van der Waals surface area contributed by atoms with Crippen LogP contribution in [0.3, 0.4) is 0 Å². The molecule has 0 aromatic rings. The van der Waals surface area contributed by atoms with Gasteiger partial charge in [-0.15, -0.1) is 0 Å². The molecular formula is C7H14N2O7. The normalized spacial score (nSPS) is 18.3. The van der Waals surface area contributed by atoms with Crippen molar-refractivity contribution in [2.45, 2.75) is 24.4 Å². The zero-order valence-electron chi connectivity index (χ0n) is 8.15. The van der Waals surface area contributed by atoms with Crippen LogP contribution in [0.5, 0.6) is 0 Å². The van der Waals surface area contributed by atoms with Crippen LogP contribution in [0.4, 0.5) is 4.79 Å². The van der Waals surface area contributed by atoms with Crippen molar-refractivity contribution in [1.82, 2.24) is 5.32 Å². The van der Waals surface area contributed by atoms with E-state index in [-0.39, 0.29) is 0 Å². The minimum Gasteiger partial charge on any atom is -0.394 e. The van der Waals surface area contributed by atoms with Crippen molar-refractivity contribution >= 4 is 11.9 Å². The molecule has 0 unspecified atom stereocenters. The van der Waals surface area contributed by atoms with Crippen molar-refractivity contribution in [2.75, 3.05) is 6.61 Å². The molecule has 0 saturated carbocycles. The molecule has 0 aliphatic carbocycles. The Labute approximate surface area is 90.1 Å². The van der Waals surface area contributed by atoms with E-state index in [1.807, 2.05) is 0 Å². The van der Waals surface area contributed by atoms with E-state index in [0.29, 0.717) is 0 Å². The van der Waals surface area contributed by atoms with Gasteiger partial charge in [-0.1, -0.05) is 0 Å². The number of aliphatic hydroxyl groups is 5. The Morgan fingerprint density at radius 1 is 1.12 bits per heavy atom. The van der Waals surface area contributed by atoms with Crippen molar-refractivity contribution < 1.29 is 35.1 Å². The van der Waals surface area contributed by atoms with E-state index in [4.69, 9.17) is 20.4 Å². The van der Waals surface area contributed by atoms with Crippen molar-refractivity contribution in [2.24, 2.45) is 5.73 Å². The molecule has 0 heterocycles. The number of urea groups is 1. The minimum atomic E-state index is -2.16. The molecule has 0 saturated heterocycles. The van der Waals surface area contributed by atoms with Crippen LogP contribution in [-0.4, -0.2) is 68.5 Å². The second kappa shape index (κ2) is 6.35. The molecule has 9 heteroatoms. The van der Waals surface area contributed by atoms with E-state index in [0.717, 1.165) is 0 Å². The third-order valence-electron chi connectivity index (χ3n) is 1.77. The van der Waals surface area contributed by atoms with Gasteiger partial charge in [-0.25, -0.2) is 4.79 Å². The molecule has 0 fully saturated rings. The van der Waals surface area contributed by atoms with E-state index in [1.54, 1.807) is 0 Å². The van der Waals surface area contributed by atoms with Crippen LogP contribution in [0.25, 0.3) is 0 Å². The third-order valence-corrected chi connectivity index (χ3v) is 1.77. The SMILES string of the molecule is NC(=O)NC(=O)[C@H](O)[C@@H](O)[C@H](O)[C@H](O)CO. The maximum atomic E-state index is 10.9. The number of aliphatic hydroxyl groups excluding tert-OH is 5. The van der Waals surface area contributed by atoms with Crippen LogP contribution in [0.1, 0.15) is 0 Å². The van der Waals surface area contributed by atoms with Crippen LogP contribution < -0.4 is 11.1 Å². The molecule has 0 bridgehead atoms. The molecule has 0 aliphatic rings. The monoisotopic (exact) mass is 238 g/mol. The fourth-order valence-corrected chi connectivity index (χ4v) is 0.873. The molecule has 0 rings (SSSR count). The van der Waals surface area contributed by atoms with Crippen molar-refractivity contribution in [3.63, 3.8) is 0 Å². The van der Waals surface area contributed by atoms with Gasteiger partial charge in [0.1, 0.15) is 18.3 Å². The number of rotatable bonds is 5. The Morgan fingerprint density at radius 2 is 1.62 bits per heavy atom. The van der Waals surface area contributed by atoms with Gasteiger partial charge in [0.2, 0.25) is 0 Å².